The molecule has 0 radical (unpaired) electrons. The van der Waals surface area contributed by atoms with Gasteiger partial charge in [0.2, 0.25) is 5.91 Å². The minimum absolute atomic E-state index is 0.169. The van der Waals surface area contributed by atoms with E-state index in [0.29, 0.717) is 5.92 Å². The van der Waals surface area contributed by atoms with Gasteiger partial charge >= 0.3 is 0 Å². The number of hydrogen-bond donors (Lipinski definition) is 1. The molecule has 3 heterocycles. The molecule has 0 aromatic rings. The van der Waals surface area contributed by atoms with Gasteiger partial charge in [-0.2, -0.15) is 0 Å². The van der Waals surface area contributed by atoms with Gasteiger partial charge in [0.25, 0.3) is 0 Å². The number of carbonyl (C=O) groups excluding carboxylic acids is 1. The Balaban J connectivity index is 2.20. The van der Waals surface area contributed by atoms with Crippen LogP contribution in [0.1, 0.15) is 12.8 Å². The third kappa shape index (κ3) is 0.669. The summed E-state index contributed by atoms with van der Waals surface area (Å²) in [6.07, 6.45) is 2.24. The van der Waals surface area contributed by atoms with Crippen molar-refractivity contribution in [3.05, 3.63) is 0 Å². The lowest BCUT2D eigenvalue weighted by Crippen LogP contribution is -2.58. The fourth-order valence-corrected chi connectivity index (χ4v) is 1.89. The largest absolute Gasteiger partial charge is 0.341 e. The highest BCUT2D eigenvalue weighted by molar-refractivity contribution is 5.83. The van der Waals surface area contributed by atoms with Crippen LogP contribution < -0.4 is 5.73 Å². The lowest BCUT2D eigenvalue weighted by molar-refractivity contribution is -0.141. The van der Waals surface area contributed by atoms with E-state index >= 15 is 0 Å². The third-order valence-electron chi connectivity index (χ3n) is 2.64. The minimum Gasteiger partial charge on any atom is -0.341 e. The number of fused-ring (bicyclic) bond motifs is 3. The molecule has 0 saturated carbocycles. The lowest BCUT2D eigenvalue weighted by Gasteiger charge is -2.42. The van der Waals surface area contributed by atoms with Gasteiger partial charge in [0, 0.05) is 13.1 Å². The molecule has 3 rings (SSSR count). The molecule has 2 N–H and O–H groups in total. The van der Waals surface area contributed by atoms with Crippen LogP contribution in [-0.2, 0) is 4.79 Å². The average Bonchev–Trinajstić information content (AvgIpc) is 2.00. The fraction of sp³-hybridized carbons (Fsp3) is 0.857. The summed E-state index contributed by atoms with van der Waals surface area (Å²) in [4.78, 5) is 13.1. The number of hydrogen-bond acceptors (Lipinski definition) is 2. The number of nitrogens with two attached hydrogens (primary N) is 1. The molecule has 0 aromatic heterocycles. The Kier molecular flexibility index (Phi) is 1.20. The predicted octanol–water partition coefficient (Wildman–Crippen LogP) is -0.434. The molecule has 3 saturated heterocycles. The Bertz CT molecular complexity index is 157. The quantitative estimate of drug-likeness (QED) is 0.496. The van der Waals surface area contributed by atoms with Crippen LogP contribution in [0, 0.1) is 5.92 Å². The van der Waals surface area contributed by atoms with Crippen LogP contribution in [0.3, 0.4) is 0 Å². The van der Waals surface area contributed by atoms with Gasteiger partial charge in [0.15, 0.2) is 0 Å². The lowest BCUT2D eigenvalue weighted by atomic mass is 9.84. The van der Waals surface area contributed by atoms with Crippen molar-refractivity contribution in [1.29, 1.82) is 0 Å². The molecule has 3 aliphatic heterocycles. The van der Waals surface area contributed by atoms with Gasteiger partial charge in [-0.1, -0.05) is 0 Å². The van der Waals surface area contributed by atoms with E-state index in [9.17, 15) is 4.79 Å². The zero-order valence-electron chi connectivity index (χ0n) is 5.92. The standard InChI is InChI=1S/C7H12N2O/c8-6-5-1-3-9(4-2-5)7(6)10/h5-6H,1-4,8H2/t6-/m0/s1. The van der Waals surface area contributed by atoms with Crippen LogP contribution in [0.25, 0.3) is 0 Å². The van der Waals surface area contributed by atoms with Crippen molar-refractivity contribution in [3.63, 3.8) is 0 Å². The molecule has 1 amide bonds. The summed E-state index contributed by atoms with van der Waals surface area (Å²) >= 11 is 0. The molecule has 0 aromatic carbocycles. The Morgan fingerprint density at radius 1 is 1.40 bits per heavy atom. The minimum atomic E-state index is -0.178. The van der Waals surface area contributed by atoms with E-state index in [1.54, 1.807) is 0 Å². The SMILES string of the molecule is N[C@@H]1C(=O)N2CCC1CC2. The molecule has 3 fully saturated rings. The number of piperidine rings is 3. The zero-order chi connectivity index (χ0) is 7.14. The summed E-state index contributed by atoms with van der Waals surface area (Å²) in [5.74, 6) is 0.653. The maximum Gasteiger partial charge on any atom is 0.239 e. The number of amides is 1. The summed E-state index contributed by atoms with van der Waals surface area (Å²) in [5, 5.41) is 0. The van der Waals surface area contributed by atoms with E-state index in [1.165, 1.54) is 0 Å². The van der Waals surface area contributed by atoms with Crippen molar-refractivity contribution >= 4 is 5.91 Å². The third-order valence-corrected chi connectivity index (χ3v) is 2.64. The second kappa shape index (κ2) is 1.95. The second-order valence-electron chi connectivity index (χ2n) is 3.19. The summed E-state index contributed by atoms with van der Waals surface area (Å²) in [6.45, 7) is 1.88. The Morgan fingerprint density at radius 3 is 2.30 bits per heavy atom. The van der Waals surface area contributed by atoms with E-state index in [-0.39, 0.29) is 11.9 Å². The highest BCUT2D eigenvalue weighted by Crippen LogP contribution is 2.26. The van der Waals surface area contributed by atoms with Crippen LogP contribution in [0.2, 0.25) is 0 Å². The molecule has 2 bridgehead atoms. The molecule has 3 aliphatic rings. The normalized spacial score (nSPS) is 38.9. The molecule has 3 heteroatoms. The van der Waals surface area contributed by atoms with E-state index < -0.39 is 0 Å². The molecular weight excluding hydrogens is 128 g/mol. The molecule has 56 valence electrons. The van der Waals surface area contributed by atoms with Crippen molar-refractivity contribution in [1.82, 2.24) is 4.90 Å². The van der Waals surface area contributed by atoms with Crippen LogP contribution in [0.15, 0.2) is 0 Å². The van der Waals surface area contributed by atoms with Gasteiger partial charge in [-0.3, -0.25) is 4.79 Å². The smallest absolute Gasteiger partial charge is 0.239 e. The number of carbonyl (C=O) groups is 1. The van der Waals surface area contributed by atoms with Gasteiger partial charge in [-0.15, -0.1) is 0 Å². The van der Waals surface area contributed by atoms with Crippen molar-refractivity contribution in [2.24, 2.45) is 11.7 Å². The predicted molar refractivity (Wildman–Crippen MR) is 37.3 cm³/mol. The summed E-state index contributed by atoms with van der Waals surface area (Å²) in [7, 11) is 0. The van der Waals surface area contributed by atoms with E-state index in [0.717, 1.165) is 25.9 Å². The molecule has 10 heavy (non-hydrogen) atoms. The first-order valence-corrected chi connectivity index (χ1v) is 3.83. The highest BCUT2D eigenvalue weighted by Gasteiger charge is 2.38. The Hall–Kier alpha value is -0.570. The van der Waals surface area contributed by atoms with Crippen molar-refractivity contribution in [2.45, 2.75) is 18.9 Å². The van der Waals surface area contributed by atoms with E-state index in [4.69, 9.17) is 5.73 Å². The van der Waals surface area contributed by atoms with E-state index in [2.05, 4.69) is 0 Å². The molecule has 1 atom stereocenters. The Morgan fingerprint density at radius 2 is 2.00 bits per heavy atom. The summed E-state index contributed by atoms with van der Waals surface area (Å²) in [6, 6.07) is -0.178. The monoisotopic (exact) mass is 140 g/mol. The zero-order valence-corrected chi connectivity index (χ0v) is 5.92. The van der Waals surface area contributed by atoms with Crippen LogP contribution in [0.5, 0.6) is 0 Å². The van der Waals surface area contributed by atoms with Crippen molar-refractivity contribution < 1.29 is 4.79 Å². The molecule has 3 nitrogen and oxygen atoms in total. The van der Waals surface area contributed by atoms with Gasteiger partial charge in [-0.05, 0) is 18.8 Å². The van der Waals surface area contributed by atoms with Crippen LogP contribution >= 0.6 is 0 Å². The summed E-state index contributed by atoms with van der Waals surface area (Å²) in [5.41, 5.74) is 5.67. The first kappa shape index (κ1) is 6.16. The molecule has 0 spiro atoms. The first-order valence-electron chi connectivity index (χ1n) is 3.83. The van der Waals surface area contributed by atoms with Gasteiger partial charge < -0.3 is 10.6 Å². The average molecular weight is 140 g/mol. The maximum absolute atomic E-state index is 11.2. The molecular formula is C7H12N2O. The van der Waals surface area contributed by atoms with Gasteiger partial charge in [-0.25, -0.2) is 0 Å². The molecule has 0 aliphatic carbocycles. The Labute approximate surface area is 60.2 Å². The van der Waals surface area contributed by atoms with Crippen LogP contribution in [0.4, 0.5) is 0 Å². The fourth-order valence-electron chi connectivity index (χ4n) is 1.89. The number of nitrogens with zero attached hydrogens (tertiary/aromatic N) is 1. The van der Waals surface area contributed by atoms with Crippen molar-refractivity contribution in [3.8, 4) is 0 Å². The number of rotatable bonds is 0. The summed E-state index contributed by atoms with van der Waals surface area (Å²) < 4.78 is 0. The maximum atomic E-state index is 11.2. The van der Waals surface area contributed by atoms with Gasteiger partial charge in [0.05, 0.1) is 6.04 Å². The van der Waals surface area contributed by atoms with Crippen LogP contribution in [-0.4, -0.2) is 29.9 Å². The highest BCUT2D eigenvalue weighted by atomic mass is 16.2. The van der Waals surface area contributed by atoms with Gasteiger partial charge in [0.1, 0.15) is 0 Å². The second-order valence-corrected chi connectivity index (χ2v) is 3.19. The topological polar surface area (TPSA) is 46.3 Å². The first-order chi connectivity index (χ1) is 4.79. The molecule has 0 unspecified atom stereocenters. The van der Waals surface area contributed by atoms with E-state index in [1.807, 2.05) is 4.90 Å². The van der Waals surface area contributed by atoms with Crippen molar-refractivity contribution in [2.75, 3.05) is 13.1 Å².